The minimum Gasteiger partial charge on any atom is -0.481 e. The third kappa shape index (κ3) is 5.96. The van der Waals surface area contributed by atoms with E-state index in [2.05, 4.69) is 34.6 Å². The Morgan fingerprint density at radius 1 is 1.00 bits per heavy atom. The highest BCUT2D eigenvalue weighted by atomic mass is 16.5. The van der Waals surface area contributed by atoms with E-state index in [-0.39, 0.29) is 23.4 Å². The highest BCUT2D eigenvalue weighted by molar-refractivity contribution is 5.81. The molecular formula is C23H40O4. The number of hydrogen-bond acceptors (Lipinski definition) is 3. The highest BCUT2D eigenvalue weighted by Gasteiger charge is 2.43. The van der Waals surface area contributed by atoms with Crippen molar-refractivity contribution in [2.45, 2.75) is 92.6 Å². The molecule has 27 heavy (non-hydrogen) atoms. The van der Waals surface area contributed by atoms with Gasteiger partial charge in [-0.3, -0.25) is 9.59 Å². The fourth-order valence-corrected chi connectivity index (χ4v) is 5.17. The molecule has 0 radical (unpaired) electrons. The SMILES string of the molecule is CC1CCC(C(CC(C)(C)C)OC(=O)C2CCCC(C)C2C(=O)O)CC1C. The number of aliphatic carboxylic acids is 1. The van der Waals surface area contributed by atoms with Crippen LogP contribution in [0.4, 0.5) is 0 Å². The smallest absolute Gasteiger partial charge is 0.310 e. The highest BCUT2D eigenvalue weighted by Crippen LogP contribution is 2.41. The topological polar surface area (TPSA) is 63.6 Å². The third-order valence-electron chi connectivity index (χ3n) is 7.05. The molecule has 7 atom stereocenters. The molecule has 7 unspecified atom stereocenters. The van der Waals surface area contributed by atoms with Crippen LogP contribution in [0.1, 0.15) is 86.5 Å². The molecular weight excluding hydrogens is 340 g/mol. The standard InChI is InChI=1S/C23H40O4/c1-14-10-11-17(12-16(14)3)19(13-23(4,5)6)27-22(26)18-9-7-8-15(2)20(18)21(24)25/h14-20H,7-13H2,1-6H3,(H,24,25). The van der Waals surface area contributed by atoms with Gasteiger partial charge in [0.2, 0.25) is 0 Å². The molecule has 4 heteroatoms. The first kappa shape index (κ1) is 22.2. The van der Waals surface area contributed by atoms with Gasteiger partial charge in [0.25, 0.3) is 0 Å². The van der Waals surface area contributed by atoms with Crippen LogP contribution in [0.2, 0.25) is 0 Å². The van der Waals surface area contributed by atoms with E-state index in [4.69, 9.17) is 4.74 Å². The Labute approximate surface area is 165 Å². The summed E-state index contributed by atoms with van der Waals surface area (Å²) in [7, 11) is 0. The summed E-state index contributed by atoms with van der Waals surface area (Å²) in [6.07, 6.45) is 6.55. The number of carbonyl (C=O) groups is 2. The number of carboxylic acid groups (broad SMARTS) is 1. The van der Waals surface area contributed by atoms with Crippen LogP contribution in [0.15, 0.2) is 0 Å². The monoisotopic (exact) mass is 380 g/mol. The van der Waals surface area contributed by atoms with Gasteiger partial charge in [0.15, 0.2) is 0 Å². The maximum atomic E-state index is 13.1. The molecule has 0 bridgehead atoms. The third-order valence-corrected chi connectivity index (χ3v) is 7.05. The first-order valence-electron chi connectivity index (χ1n) is 10.9. The van der Waals surface area contributed by atoms with E-state index in [1.807, 2.05) is 6.92 Å². The van der Waals surface area contributed by atoms with Crippen molar-refractivity contribution in [1.82, 2.24) is 0 Å². The molecule has 0 spiro atoms. The Hall–Kier alpha value is -1.06. The minimum atomic E-state index is -0.850. The Morgan fingerprint density at radius 2 is 1.67 bits per heavy atom. The first-order chi connectivity index (χ1) is 12.5. The Bertz CT molecular complexity index is 521. The number of ether oxygens (including phenoxy) is 1. The van der Waals surface area contributed by atoms with Crippen molar-refractivity contribution in [2.75, 3.05) is 0 Å². The Balaban J connectivity index is 2.13. The van der Waals surface area contributed by atoms with Crippen molar-refractivity contribution in [3.63, 3.8) is 0 Å². The maximum absolute atomic E-state index is 13.1. The molecule has 156 valence electrons. The van der Waals surface area contributed by atoms with E-state index in [9.17, 15) is 14.7 Å². The summed E-state index contributed by atoms with van der Waals surface area (Å²) < 4.78 is 6.12. The van der Waals surface area contributed by atoms with Crippen LogP contribution >= 0.6 is 0 Å². The molecule has 0 heterocycles. The lowest BCUT2D eigenvalue weighted by atomic mass is 9.71. The molecule has 2 rings (SSSR count). The number of carboxylic acids is 1. The molecule has 2 saturated carbocycles. The summed E-state index contributed by atoms with van der Waals surface area (Å²) in [5.41, 5.74) is 0.0727. The van der Waals surface area contributed by atoms with Crippen molar-refractivity contribution in [1.29, 1.82) is 0 Å². The minimum absolute atomic E-state index is 0.0328. The molecule has 4 nitrogen and oxygen atoms in total. The second-order valence-electron chi connectivity index (χ2n) is 10.6. The second-order valence-corrected chi connectivity index (χ2v) is 10.6. The van der Waals surface area contributed by atoms with Crippen LogP contribution in [-0.4, -0.2) is 23.1 Å². The summed E-state index contributed by atoms with van der Waals surface area (Å²) >= 11 is 0. The van der Waals surface area contributed by atoms with Crippen molar-refractivity contribution in [3.8, 4) is 0 Å². The van der Waals surface area contributed by atoms with Gasteiger partial charge in [-0.05, 0) is 61.2 Å². The second kappa shape index (κ2) is 8.96. The van der Waals surface area contributed by atoms with Crippen molar-refractivity contribution >= 4 is 11.9 Å². The van der Waals surface area contributed by atoms with E-state index in [1.54, 1.807) is 0 Å². The van der Waals surface area contributed by atoms with Crippen molar-refractivity contribution < 1.29 is 19.4 Å². The number of esters is 1. The fourth-order valence-electron chi connectivity index (χ4n) is 5.17. The van der Waals surface area contributed by atoms with E-state index < -0.39 is 17.8 Å². The van der Waals surface area contributed by atoms with Gasteiger partial charge < -0.3 is 9.84 Å². The maximum Gasteiger partial charge on any atom is 0.310 e. The molecule has 0 saturated heterocycles. The summed E-state index contributed by atoms with van der Waals surface area (Å²) in [5.74, 6) is -0.421. The lowest BCUT2D eigenvalue weighted by molar-refractivity contribution is -0.170. The van der Waals surface area contributed by atoms with Crippen LogP contribution in [0.5, 0.6) is 0 Å². The lowest BCUT2D eigenvalue weighted by Gasteiger charge is -2.40. The molecule has 2 fully saturated rings. The summed E-state index contributed by atoms with van der Waals surface area (Å²) in [6.45, 7) is 13.1. The molecule has 0 amide bonds. The van der Waals surface area contributed by atoms with Crippen molar-refractivity contribution in [2.24, 2.45) is 40.9 Å². The van der Waals surface area contributed by atoms with Crippen LogP contribution in [-0.2, 0) is 14.3 Å². The fraction of sp³-hybridized carbons (Fsp3) is 0.913. The molecule has 0 aromatic rings. The van der Waals surface area contributed by atoms with E-state index in [0.29, 0.717) is 18.3 Å². The Kier molecular flexibility index (Phi) is 7.38. The van der Waals surface area contributed by atoms with Crippen LogP contribution in [0.3, 0.4) is 0 Å². The average molecular weight is 381 g/mol. The van der Waals surface area contributed by atoms with Gasteiger partial charge in [0.05, 0.1) is 11.8 Å². The largest absolute Gasteiger partial charge is 0.481 e. The zero-order chi connectivity index (χ0) is 20.4. The van der Waals surface area contributed by atoms with Crippen LogP contribution < -0.4 is 0 Å². The molecule has 1 N–H and O–H groups in total. The van der Waals surface area contributed by atoms with Gasteiger partial charge in [-0.2, -0.15) is 0 Å². The quantitative estimate of drug-likeness (QED) is 0.636. The van der Waals surface area contributed by atoms with Gasteiger partial charge in [0, 0.05) is 0 Å². The lowest BCUT2D eigenvalue weighted by Crippen LogP contribution is -2.42. The van der Waals surface area contributed by atoms with E-state index in [1.165, 1.54) is 6.42 Å². The van der Waals surface area contributed by atoms with Crippen LogP contribution in [0.25, 0.3) is 0 Å². The zero-order valence-electron chi connectivity index (χ0n) is 18.2. The molecule has 0 aromatic carbocycles. The average Bonchev–Trinajstić information content (AvgIpc) is 2.54. The summed E-state index contributed by atoms with van der Waals surface area (Å²) in [6, 6.07) is 0. The van der Waals surface area contributed by atoms with Crippen LogP contribution in [0, 0.1) is 40.9 Å². The number of rotatable bonds is 5. The van der Waals surface area contributed by atoms with Gasteiger partial charge in [0.1, 0.15) is 6.10 Å². The van der Waals surface area contributed by atoms with Gasteiger partial charge in [-0.15, -0.1) is 0 Å². The molecule has 2 aliphatic rings. The number of hydrogen-bond donors (Lipinski definition) is 1. The van der Waals surface area contributed by atoms with E-state index >= 15 is 0 Å². The van der Waals surface area contributed by atoms with Gasteiger partial charge >= 0.3 is 11.9 Å². The predicted molar refractivity (Wildman–Crippen MR) is 107 cm³/mol. The van der Waals surface area contributed by atoms with Gasteiger partial charge in [-0.25, -0.2) is 0 Å². The molecule has 2 aliphatic carbocycles. The summed E-state index contributed by atoms with van der Waals surface area (Å²) in [5, 5.41) is 9.65. The van der Waals surface area contributed by atoms with Crippen molar-refractivity contribution in [3.05, 3.63) is 0 Å². The predicted octanol–water partition coefficient (Wildman–Crippen LogP) is 5.54. The molecule has 0 aliphatic heterocycles. The van der Waals surface area contributed by atoms with E-state index in [0.717, 1.165) is 38.0 Å². The first-order valence-corrected chi connectivity index (χ1v) is 10.9. The normalized spacial score (nSPS) is 36.1. The summed E-state index contributed by atoms with van der Waals surface area (Å²) in [4.78, 5) is 24.8. The zero-order valence-corrected chi connectivity index (χ0v) is 18.2. The van der Waals surface area contributed by atoms with Gasteiger partial charge in [-0.1, -0.05) is 54.4 Å². The Morgan fingerprint density at radius 3 is 2.22 bits per heavy atom. The molecule has 0 aromatic heterocycles. The number of carbonyl (C=O) groups excluding carboxylic acids is 1.